The van der Waals surface area contributed by atoms with Gasteiger partial charge in [0.05, 0.1) is 12.2 Å². The van der Waals surface area contributed by atoms with Gasteiger partial charge in [-0.3, -0.25) is 0 Å². The van der Waals surface area contributed by atoms with E-state index in [0.29, 0.717) is 0 Å². The third-order valence-electron chi connectivity index (χ3n) is 3.13. The van der Waals surface area contributed by atoms with Crippen molar-refractivity contribution >= 4 is 9.52 Å². The highest BCUT2D eigenvalue weighted by Crippen LogP contribution is 2.29. The van der Waals surface area contributed by atoms with Crippen molar-refractivity contribution < 1.29 is 9.84 Å². The molecule has 3 unspecified atom stereocenters. The summed E-state index contributed by atoms with van der Waals surface area (Å²) in [6.07, 6.45) is 4.49. The van der Waals surface area contributed by atoms with Crippen molar-refractivity contribution in [3.63, 3.8) is 0 Å². The van der Waals surface area contributed by atoms with E-state index in [1.165, 1.54) is 18.9 Å². The van der Waals surface area contributed by atoms with Gasteiger partial charge >= 0.3 is 0 Å². The van der Waals surface area contributed by atoms with Crippen LogP contribution in [0.3, 0.4) is 0 Å². The third kappa shape index (κ3) is 3.41. The number of ether oxygens (including phenoxy) is 1. The van der Waals surface area contributed by atoms with Gasteiger partial charge < -0.3 is 9.84 Å². The first-order chi connectivity index (χ1) is 6.27. The molecule has 0 saturated heterocycles. The maximum Gasteiger partial charge on any atom is 0.0832 e. The van der Waals surface area contributed by atoms with Crippen molar-refractivity contribution in [3.8, 4) is 0 Å². The molecule has 1 saturated carbocycles. The van der Waals surface area contributed by atoms with E-state index in [1.54, 1.807) is 7.11 Å². The highest BCUT2D eigenvalue weighted by Gasteiger charge is 2.28. The second-order valence-electron chi connectivity index (χ2n) is 4.16. The smallest absolute Gasteiger partial charge is 0.0832 e. The van der Waals surface area contributed by atoms with Crippen molar-refractivity contribution in [1.82, 2.24) is 0 Å². The normalized spacial score (nSPS) is 35.8. The van der Waals surface area contributed by atoms with Crippen molar-refractivity contribution in [1.29, 1.82) is 0 Å². The summed E-state index contributed by atoms with van der Waals surface area (Å²) in [5.41, 5.74) is 0. The Bertz CT molecular complexity index is 139. The Morgan fingerprint density at radius 3 is 2.85 bits per heavy atom. The minimum absolute atomic E-state index is 0.109. The average Bonchev–Trinajstić information content (AvgIpc) is 2.16. The summed E-state index contributed by atoms with van der Waals surface area (Å²) in [6, 6.07) is 1.46. The fourth-order valence-corrected chi connectivity index (χ4v) is 3.19. The molecule has 0 bridgehead atoms. The lowest BCUT2D eigenvalue weighted by atomic mass is 9.84. The Balaban J connectivity index is 2.27. The molecule has 3 atom stereocenters. The molecule has 1 fully saturated rings. The van der Waals surface area contributed by atoms with Gasteiger partial charge in [0, 0.05) is 16.6 Å². The van der Waals surface area contributed by atoms with Crippen molar-refractivity contribution in [2.45, 2.75) is 50.5 Å². The molecule has 1 rings (SSSR count). The van der Waals surface area contributed by atoms with Crippen LogP contribution in [0.4, 0.5) is 0 Å². The SMILES string of the molecule is COC1CC(CC[SiH2]C)CCC1O. The van der Waals surface area contributed by atoms with E-state index >= 15 is 0 Å². The zero-order valence-corrected chi connectivity index (χ0v) is 10.2. The largest absolute Gasteiger partial charge is 0.390 e. The first-order valence-corrected chi connectivity index (χ1v) is 7.90. The number of aliphatic hydroxyl groups is 1. The van der Waals surface area contributed by atoms with E-state index in [-0.39, 0.29) is 21.7 Å². The number of methoxy groups -OCH3 is 1. The summed E-state index contributed by atoms with van der Waals surface area (Å²) < 4.78 is 5.27. The topological polar surface area (TPSA) is 29.5 Å². The molecule has 0 radical (unpaired) electrons. The monoisotopic (exact) mass is 202 g/mol. The zero-order chi connectivity index (χ0) is 9.68. The minimum Gasteiger partial charge on any atom is -0.390 e. The first-order valence-electron chi connectivity index (χ1n) is 5.48. The lowest BCUT2D eigenvalue weighted by Gasteiger charge is -2.32. The van der Waals surface area contributed by atoms with Gasteiger partial charge in [0.15, 0.2) is 0 Å². The minimum atomic E-state index is -0.208. The molecular formula is C10H22O2Si. The van der Waals surface area contributed by atoms with Crippen LogP contribution in [-0.4, -0.2) is 33.9 Å². The summed E-state index contributed by atoms with van der Waals surface area (Å²) in [6.45, 7) is 2.37. The van der Waals surface area contributed by atoms with Crippen LogP contribution >= 0.6 is 0 Å². The molecule has 1 aliphatic carbocycles. The molecule has 1 aliphatic rings. The van der Waals surface area contributed by atoms with Gasteiger partial charge in [-0.1, -0.05) is 19.0 Å². The average molecular weight is 202 g/mol. The van der Waals surface area contributed by atoms with Crippen LogP contribution < -0.4 is 0 Å². The summed E-state index contributed by atoms with van der Waals surface area (Å²) in [4.78, 5) is 0. The predicted octanol–water partition coefficient (Wildman–Crippen LogP) is 1.19. The van der Waals surface area contributed by atoms with E-state index in [4.69, 9.17) is 4.74 Å². The van der Waals surface area contributed by atoms with Gasteiger partial charge in [-0.2, -0.15) is 0 Å². The number of rotatable bonds is 4. The molecular weight excluding hydrogens is 180 g/mol. The predicted molar refractivity (Wildman–Crippen MR) is 58.0 cm³/mol. The van der Waals surface area contributed by atoms with Gasteiger partial charge in [0.1, 0.15) is 0 Å². The molecule has 0 aliphatic heterocycles. The van der Waals surface area contributed by atoms with Gasteiger partial charge in [-0.05, 0) is 25.2 Å². The Labute approximate surface area is 83.5 Å². The Morgan fingerprint density at radius 1 is 1.46 bits per heavy atom. The molecule has 0 amide bonds. The van der Waals surface area contributed by atoms with E-state index in [9.17, 15) is 5.11 Å². The van der Waals surface area contributed by atoms with Crippen LogP contribution in [0.15, 0.2) is 0 Å². The molecule has 78 valence electrons. The molecule has 2 nitrogen and oxygen atoms in total. The van der Waals surface area contributed by atoms with Crippen LogP contribution in [-0.2, 0) is 4.74 Å². The number of hydrogen-bond acceptors (Lipinski definition) is 2. The maximum absolute atomic E-state index is 9.60. The lowest BCUT2D eigenvalue weighted by molar-refractivity contribution is -0.0507. The summed E-state index contributed by atoms with van der Waals surface area (Å²) in [7, 11) is 1.94. The summed E-state index contributed by atoms with van der Waals surface area (Å²) in [5.74, 6) is 0.820. The Morgan fingerprint density at radius 2 is 2.23 bits per heavy atom. The van der Waals surface area contributed by atoms with E-state index in [0.717, 1.165) is 18.8 Å². The fraction of sp³-hybridized carbons (Fsp3) is 1.00. The molecule has 1 N–H and O–H groups in total. The first kappa shape index (κ1) is 11.2. The van der Waals surface area contributed by atoms with Crippen LogP contribution in [0.5, 0.6) is 0 Å². The van der Waals surface area contributed by atoms with Crippen LogP contribution in [0.2, 0.25) is 12.6 Å². The van der Waals surface area contributed by atoms with Crippen LogP contribution in [0.25, 0.3) is 0 Å². The van der Waals surface area contributed by atoms with Crippen molar-refractivity contribution in [3.05, 3.63) is 0 Å². The number of aliphatic hydroxyl groups excluding tert-OH is 1. The van der Waals surface area contributed by atoms with E-state index in [2.05, 4.69) is 6.55 Å². The summed E-state index contributed by atoms with van der Waals surface area (Å²) >= 11 is 0. The standard InChI is InChI=1S/C10H22O2Si/c1-12-10-7-8(5-6-13-2)3-4-9(10)11/h8-11H,3-7,13H2,1-2H3. The molecule has 3 heteroatoms. The Hall–Kier alpha value is 0.137. The van der Waals surface area contributed by atoms with Gasteiger partial charge in [-0.25, -0.2) is 0 Å². The second kappa shape index (κ2) is 5.78. The van der Waals surface area contributed by atoms with E-state index in [1.807, 2.05) is 0 Å². The Kier molecular flexibility index (Phi) is 4.99. The fourth-order valence-electron chi connectivity index (χ4n) is 2.20. The van der Waals surface area contributed by atoms with Crippen molar-refractivity contribution in [2.24, 2.45) is 5.92 Å². The zero-order valence-electron chi connectivity index (χ0n) is 8.83. The molecule has 0 aromatic heterocycles. The number of hydrogen-bond donors (Lipinski definition) is 1. The van der Waals surface area contributed by atoms with Gasteiger partial charge in [0.2, 0.25) is 0 Å². The van der Waals surface area contributed by atoms with Crippen molar-refractivity contribution in [2.75, 3.05) is 7.11 Å². The second-order valence-corrected chi connectivity index (χ2v) is 5.87. The molecule has 0 spiro atoms. The van der Waals surface area contributed by atoms with Crippen LogP contribution in [0.1, 0.15) is 25.7 Å². The molecule has 0 heterocycles. The highest BCUT2D eigenvalue weighted by atomic mass is 28.2. The molecule has 0 aromatic rings. The maximum atomic E-state index is 9.60. The van der Waals surface area contributed by atoms with Gasteiger partial charge in [0.25, 0.3) is 0 Å². The quantitative estimate of drug-likeness (QED) is 0.694. The van der Waals surface area contributed by atoms with Crippen LogP contribution in [0, 0.1) is 5.92 Å². The van der Waals surface area contributed by atoms with Gasteiger partial charge in [-0.15, -0.1) is 0 Å². The van der Waals surface area contributed by atoms with E-state index < -0.39 is 0 Å². The third-order valence-corrected chi connectivity index (χ3v) is 4.25. The molecule has 13 heavy (non-hydrogen) atoms. The molecule has 0 aromatic carbocycles. The highest BCUT2D eigenvalue weighted by molar-refractivity contribution is 6.33. The summed E-state index contributed by atoms with van der Waals surface area (Å²) in [5, 5.41) is 9.60. The lowest BCUT2D eigenvalue weighted by Crippen LogP contribution is -2.35.